The quantitative estimate of drug-likeness (QED) is 0.182. The predicted octanol–water partition coefficient (Wildman–Crippen LogP) is 4.32. The Labute approximate surface area is 257 Å². The maximum Gasteiger partial charge on any atom is 0.357 e. The van der Waals surface area contributed by atoms with Crippen molar-refractivity contribution in [2.45, 2.75) is 9.79 Å². The van der Waals surface area contributed by atoms with Gasteiger partial charge in [-0.1, -0.05) is 6.07 Å². The number of benzene rings is 4. The van der Waals surface area contributed by atoms with E-state index in [0.29, 0.717) is 0 Å². The zero-order valence-corrected chi connectivity index (χ0v) is 24.3. The zero-order valence-electron chi connectivity index (χ0n) is 22.6. The Hall–Kier alpha value is -6.28. The topological polar surface area (TPSA) is 259 Å². The van der Waals surface area contributed by atoms with E-state index in [2.05, 4.69) is 0 Å². The van der Waals surface area contributed by atoms with Gasteiger partial charge in [-0.2, -0.15) is 8.61 Å². The molecule has 2 amide bonds. The van der Waals surface area contributed by atoms with Crippen LogP contribution in [0.4, 0.5) is 33.2 Å². The van der Waals surface area contributed by atoms with Crippen molar-refractivity contribution in [3.63, 3.8) is 0 Å². The number of rotatable bonds is 10. The van der Waals surface area contributed by atoms with Gasteiger partial charge in [-0.25, -0.2) is 26.4 Å². The molecule has 18 nitrogen and oxygen atoms in total. The molecular formula is C26H17N5O13S2. The number of carboxylic acids is 1. The molecule has 0 atom stereocenters. The molecule has 0 bridgehead atoms. The third kappa shape index (κ3) is 6.32. The van der Waals surface area contributed by atoms with Crippen LogP contribution < -0.4 is 8.61 Å². The summed E-state index contributed by atoms with van der Waals surface area (Å²) < 4.78 is 55.8. The normalized spacial score (nSPS) is 11.3. The highest BCUT2D eigenvalue weighted by Crippen LogP contribution is 2.33. The van der Waals surface area contributed by atoms with E-state index in [4.69, 9.17) is 0 Å². The second kappa shape index (κ2) is 12.4. The Kier molecular flexibility index (Phi) is 8.78. The molecule has 0 radical (unpaired) electrons. The molecule has 20 heteroatoms. The second-order valence-electron chi connectivity index (χ2n) is 8.95. The number of nitro benzene ring substituents is 3. The molecule has 0 fully saturated rings. The van der Waals surface area contributed by atoms with Gasteiger partial charge in [0.25, 0.3) is 37.1 Å². The van der Waals surface area contributed by atoms with Gasteiger partial charge in [0.05, 0.1) is 41.5 Å². The van der Waals surface area contributed by atoms with Gasteiger partial charge in [0.1, 0.15) is 0 Å². The Balaban J connectivity index is 2.00. The first-order valence-corrected chi connectivity index (χ1v) is 15.1. The van der Waals surface area contributed by atoms with Gasteiger partial charge in [0.2, 0.25) is 0 Å². The zero-order chi connectivity index (χ0) is 34.0. The maximum atomic E-state index is 14.3. The van der Waals surface area contributed by atoms with E-state index < -0.39 is 90.6 Å². The molecule has 0 aromatic heterocycles. The van der Waals surface area contributed by atoms with Crippen molar-refractivity contribution in [2.24, 2.45) is 0 Å². The number of carbonyl (C=O) groups is 2. The van der Waals surface area contributed by atoms with Crippen molar-refractivity contribution in [3.8, 4) is 0 Å². The van der Waals surface area contributed by atoms with E-state index in [0.717, 1.165) is 97.1 Å². The molecule has 0 spiro atoms. The first kappa shape index (κ1) is 32.6. The van der Waals surface area contributed by atoms with Gasteiger partial charge in [0.15, 0.2) is 0 Å². The Morgan fingerprint density at radius 1 is 0.565 bits per heavy atom. The Morgan fingerprint density at radius 2 is 0.935 bits per heavy atom. The van der Waals surface area contributed by atoms with Gasteiger partial charge in [-0.05, 0) is 54.6 Å². The minimum Gasteiger partial charge on any atom is -0.478 e. The molecule has 4 aromatic carbocycles. The van der Waals surface area contributed by atoms with Crippen LogP contribution in [0.2, 0.25) is 0 Å². The predicted molar refractivity (Wildman–Crippen MR) is 157 cm³/mol. The number of amides is 2. The first-order valence-electron chi connectivity index (χ1n) is 12.3. The van der Waals surface area contributed by atoms with Crippen LogP contribution in [-0.2, 0) is 20.0 Å². The average Bonchev–Trinajstić information content (AvgIpc) is 3.01. The molecule has 46 heavy (non-hydrogen) atoms. The molecule has 0 saturated heterocycles. The second-order valence-corrected chi connectivity index (χ2v) is 12.5. The molecule has 0 aliphatic heterocycles. The molecule has 0 aliphatic carbocycles. The summed E-state index contributed by atoms with van der Waals surface area (Å²) in [4.78, 5) is 55.5. The lowest BCUT2D eigenvalue weighted by Crippen LogP contribution is -2.49. The van der Waals surface area contributed by atoms with Crippen LogP contribution in [0.15, 0.2) is 107 Å². The van der Waals surface area contributed by atoms with Crippen LogP contribution in [0.25, 0.3) is 0 Å². The number of carboxylic acid groups (broad SMARTS) is 1. The van der Waals surface area contributed by atoms with Gasteiger partial charge in [-0.15, -0.1) is 0 Å². The van der Waals surface area contributed by atoms with Crippen molar-refractivity contribution in [1.29, 1.82) is 0 Å². The van der Waals surface area contributed by atoms with Crippen molar-refractivity contribution in [1.82, 2.24) is 0 Å². The number of nitro groups is 3. The van der Waals surface area contributed by atoms with E-state index in [-0.39, 0.29) is 8.61 Å². The lowest BCUT2D eigenvalue weighted by molar-refractivity contribution is -0.385. The fraction of sp³-hybridized carbons (Fsp3) is 0. The van der Waals surface area contributed by atoms with Crippen LogP contribution in [0.3, 0.4) is 0 Å². The lowest BCUT2D eigenvalue weighted by Gasteiger charge is -2.30. The number of nitrogens with zero attached hydrogens (tertiary/aromatic N) is 5. The summed E-state index contributed by atoms with van der Waals surface area (Å²) in [5.74, 6) is -1.55. The van der Waals surface area contributed by atoms with Gasteiger partial charge in [-0.3, -0.25) is 30.3 Å². The summed E-state index contributed by atoms with van der Waals surface area (Å²) >= 11 is 0. The number of hydrogen-bond donors (Lipinski definition) is 1. The average molecular weight is 672 g/mol. The van der Waals surface area contributed by atoms with Gasteiger partial charge < -0.3 is 5.11 Å². The molecule has 4 aromatic rings. The third-order valence-corrected chi connectivity index (χ3v) is 9.57. The summed E-state index contributed by atoms with van der Waals surface area (Å²) in [6, 6.07) is 11.5. The first-order chi connectivity index (χ1) is 21.5. The summed E-state index contributed by atoms with van der Waals surface area (Å²) in [5.41, 5.74) is -3.40. The molecule has 1 N–H and O–H groups in total. The van der Waals surface area contributed by atoms with Crippen molar-refractivity contribution in [2.75, 3.05) is 8.61 Å². The maximum absolute atomic E-state index is 14.3. The smallest absolute Gasteiger partial charge is 0.357 e. The fourth-order valence-corrected chi connectivity index (χ4v) is 6.75. The molecule has 0 unspecified atom stereocenters. The van der Waals surface area contributed by atoms with Crippen LogP contribution >= 0.6 is 0 Å². The molecular weight excluding hydrogens is 654 g/mol. The van der Waals surface area contributed by atoms with Gasteiger partial charge >= 0.3 is 12.0 Å². The number of hydrogen-bond acceptors (Lipinski definition) is 12. The summed E-state index contributed by atoms with van der Waals surface area (Å²) in [7, 11) is -10.4. The SMILES string of the molecule is O=C(O)c1cccc(N(C(=O)N(c2ccc([N+](=O)[O-])cc2)S(=O)(=O)c2ccc([N+](=O)[O-])cc2)S(=O)(=O)c2ccc([N+](=O)[O-])cc2)c1. The minimum atomic E-state index is -5.21. The Bertz CT molecular complexity index is 2100. The summed E-state index contributed by atoms with van der Waals surface area (Å²) in [6.07, 6.45) is 0. The molecule has 236 valence electrons. The van der Waals surface area contributed by atoms with E-state index in [1.807, 2.05) is 0 Å². The van der Waals surface area contributed by atoms with Crippen LogP contribution in [0.5, 0.6) is 0 Å². The number of aromatic carboxylic acids is 1. The molecule has 0 saturated carbocycles. The number of non-ortho nitro benzene ring substituents is 3. The standard InChI is InChI=1S/C26H17N5O13S2/c32-25(33)17-2-1-3-22(16-17)28(46(43,44)24-14-10-21(11-15-24)31(39)40)26(34)27(18-4-6-19(7-5-18)29(35)36)45(41,42)23-12-8-20(9-13-23)30(37)38/h1-16H,(H,32,33). The highest BCUT2D eigenvalue weighted by atomic mass is 32.2. The fourth-order valence-electron chi connectivity index (χ4n) is 3.95. The van der Waals surface area contributed by atoms with Crippen LogP contribution in [0, 0.1) is 30.3 Å². The number of carbonyl (C=O) groups excluding carboxylic acids is 1. The van der Waals surface area contributed by atoms with E-state index in [1.54, 1.807) is 0 Å². The van der Waals surface area contributed by atoms with Crippen molar-refractivity contribution in [3.05, 3.63) is 133 Å². The number of anilines is 2. The third-order valence-electron chi connectivity index (χ3n) is 6.14. The summed E-state index contributed by atoms with van der Waals surface area (Å²) in [6.45, 7) is 0. The van der Waals surface area contributed by atoms with Crippen LogP contribution in [-0.4, -0.2) is 48.7 Å². The van der Waals surface area contributed by atoms with Crippen LogP contribution in [0.1, 0.15) is 10.4 Å². The molecule has 4 rings (SSSR count). The molecule has 0 aliphatic rings. The monoisotopic (exact) mass is 671 g/mol. The van der Waals surface area contributed by atoms with E-state index >= 15 is 0 Å². The number of urea groups is 1. The highest BCUT2D eigenvalue weighted by molar-refractivity contribution is 7.95. The lowest BCUT2D eigenvalue weighted by atomic mass is 10.2. The van der Waals surface area contributed by atoms with Crippen molar-refractivity contribution >= 4 is 60.5 Å². The number of sulfonamides is 2. The summed E-state index contributed by atoms with van der Waals surface area (Å²) in [5, 5.41) is 43.0. The minimum absolute atomic E-state index is 0.0473. The van der Waals surface area contributed by atoms with E-state index in [9.17, 15) is 61.9 Å². The Morgan fingerprint density at radius 3 is 1.30 bits per heavy atom. The van der Waals surface area contributed by atoms with Gasteiger partial charge in [0, 0.05) is 36.4 Å². The van der Waals surface area contributed by atoms with Crippen molar-refractivity contribution < 1.29 is 46.3 Å². The highest BCUT2D eigenvalue weighted by Gasteiger charge is 2.41. The largest absolute Gasteiger partial charge is 0.478 e. The molecule has 0 heterocycles. The van der Waals surface area contributed by atoms with E-state index in [1.165, 1.54) is 0 Å².